The highest BCUT2D eigenvalue weighted by atomic mass is 14.9. The molecule has 0 aliphatic rings. The molecule has 0 radical (unpaired) electrons. The van der Waals surface area contributed by atoms with E-state index in [1.807, 2.05) is 43.3 Å². The Morgan fingerprint density at radius 3 is 2.65 bits per heavy atom. The average molecular weight is 223 g/mol. The predicted octanol–water partition coefficient (Wildman–Crippen LogP) is 3.19. The molecule has 0 atom stereocenters. The third-order valence-electron chi connectivity index (χ3n) is 2.58. The van der Waals surface area contributed by atoms with E-state index in [1.165, 1.54) is 0 Å². The third-order valence-corrected chi connectivity index (χ3v) is 2.58. The van der Waals surface area contributed by atoms with Crippen molar-refractivity contribution in [2.45, 2.75) is 6.92 Å². The lowest BCUT2D eigenvalue weighted by Crippen LogP contribution is -1.97. The summed E-state index contributed by atoms with van der Waals surface area (Å²) in [6.45, 7) is 2.00. The molecule has 2 aromatic carbocycles. The SMILES string of the molecule is Cc1ccc(N)cc1Nc1ccccc1C#N. The van der Waals surface area contributed by atoms with Crippen LogP contribution in [0.4, 0.5) is 17.1 Å². The summed E-state index contributed by atoms with van der Waals surface area (Å²) < 4.78 is 0. The van der Waals surface area contributed by atoms with Gasteiger partial charge < -0.3 is 11.1 Å². The van der Waals surface area contributed by atoms with Crippen molar-refractivity contribution in [3.8, 4) is 6.07 Å². The molecule has 2 rings (SSSR count). The standard InChI is InChI=1S/C14H13N3/c1-10-6-7-12(16)8-14(10)17-13-5-3-2-4-11(13)9-15/h2-8,17H,16H2,1H3. The van der Waals surface area contributed by atoms with Gasteiger partial charge >= 0.3 is 0 Å². The number of anilines is 3. The van der Waals surface area contributed by atoms with Crippen LogP contribution in [0.3, 0.4) is 0 Å². The fourth-order valence-electron chi connectivity index (χ4n) is 1.61. The molecule has 2 aromatic rings. The summed E-state index contributed by atoms with van der Waals surface area (Å²) in [7, 11) is 0. The molecular formula is C14H13N3. The Morgan fingerprint density at radius 1 is 1.12 bits per heavy atom. The number of nitrogens with two attached hydrogens (primary N) is 1. The van der Waals surface area contributed by atoms with Crippen LogP contribution in [-0.4, -0.2) is 0 Å². The molecule has 0 spiro atoms. The summed E-state index contributed by atoms with van der Waals surface area (Å²) in [6.07, 6.45) is 0. The summed E-state index contributed by atoms with van der Waals surface area (Å²) in [5.41, 5.74) is 9.88. The fourth-order valence-corrected chi connectivity index (χ4v) is 1.61. The second-order valence-electron chi connectivity index (χ2n) is 3.86. The zero-order chi connectivity index (χ0) is 12.3. The summed E-state index contributed by atoms with van der Waals surface area (Å²) in [6, 6.07) is 15.2. The van der Waals surface area contributed by atoms with E-state index in [9.17, 15) is 0 Å². The zero-order valence-electron chi connectivity index (χ0n) is 9.57. The minimum absolute atomic E-state index is 0.620. The maximum absolute atomic E-state index is 9.01. The van der Waals surface area contributed by atoms with Gasteiger partial charge in [-0.1, -0.05) is 18.2 Å². The highest BCUT2D eigenvalue weighted by Gasteiger charge is 2.03. The van der Waals surface area contributed by atoms with E-state index in [1.54, 1.807) is 6.07 Å². The van der Waals surface area contributed by atoms with Crippen molar-refractivity contribution >= 4 is 17.1 Å². The van der Waals surface area contributed by atoms with Crippen molar-refractivity contribution in [3.05, 3.63) is 53.6 Å². The van der Waals surface area contributed by atoms with Gasteiger partial charge in [0.15, 0.2) is 0 Å². The van der Waals surface area contributed by atoms with Crippen LogP contribution in [0.15, 0.2) is 42.5 Å². The van der Waals surface area contributed by atoms with E-state index < -0.39 is 0 Å². The van der Waals surface area contributed by atoms with Crippen LogP contribution in [0.25, 0.3) is 0 Å². The van der Waals surface area contributed by atoms with Gasteiger partial charge in [-0.15, -0.1) is 0 Å². The number of aryl methyl sites for hydroxylation is 1. The summed E-state index contributed by atoms with van der Waals surface area (Å²) in [5, 5.41) is 12.2. The second-order valence-corrected chi connectivity index (χ2v) is 3.86. The number of nitrogens with zero attached hydrogens (tertiary/aromatic N) is 1. The van der Waals surface area contributed by atoms with Gasteiger partial charge in [0, 0.05) is 11.4 Å². The van der Waals surface area contributed by atoms with Crippen LogP contribution in [0.1, 0.15) is 11.1 Å². The highest BCUT2D eigenvalue weighted by Crippen LogP contribution is 2.24. The first-order valence-electron chi connectivity index (χ1n) is 5.33. The van der Waals surface area contributed by atoms with Crippen molar-refractivity contribution in [1.82, 2.24) is 0 Å². The zero-order valence-corrected chi connectivity index (χ0v) is 9.57. The number of benzene rings is 2. The Labute approximate surface area is 101 Å². The Hall–Kier alpha value is -2.47. The van der Waals surface area contributed by atoms with Crippen molar-refractivity contribution < 1.29 is 0 Å². The number of nitriles is 1. The molecule has 3 N–H and O–H groups in total. The lowest BCUT2D eigenvalue weighted by molar-refractivity contribution is 1.41. The normalized spacial score (nSPS) is 9.65. The fraction of sp³-hybridized carbons (Fsp3) is 0.0714. The largest absolute Gasteiger partial charge is 0.399 e. The van der Waals surface area contributed by atoms with Crippen LogP contribution in [0.5, 0.6) is 0 Å². The van der Waals surface area contributed by atoms with Crippen molar-refractivity contribution in [2.24, 2.45) is 0 Å². The summed E-state index contributed by atoms with van der Waals surface area (Å²) in [4.78, 5) is 0. The number of hydrogen-bond donors (Lipinski definition) is 2. The molecule has 0 unspecified atom stereocenters. The molecule has 3 heteroatoms. The van der Waals surface area contributed by atoms with E-state index in [0.717, 1.165) is 16.9 Å². The van der Waals surface area contributed by atoms with Gasteiger partial charge in [-0.3, -0.25) is 0 Å². The van der Waals surface area contributed by atoms with Gasteiger partial charge in [0.2, 0.25) is 0 Å². The Kier molecular flexibility index (Phi) is 2.97. The molecule has 0 saturated heterocycles. The molecule has 0 fully saturated rings. The molecule has 0 aliphatic heterocycles. The number of hydrogen-bond acceptors (Lipinski definition) is 3. The Balaban J connectivity index is 2.38. The predicted molar refractivity (Wildman–Crippen MR) is 70.0 cm³/mol. The minimum Gasteiger partial charge on any atom is -0.399 e. The van der Waals surface area contributed by atoms with Crippen LogP contribution in [0.2, 0.25) is 0 Å². The number of nitrogens with one attached hydrogen (secondary N) is 1. The van der Waals surface area contributed by atoms with E-state index in [2.05, 4.69) is 11.4 Å². The summed E-state index contributed by atoms with van der Waals surface area (Å²) >= 11 is 0. The van der Waals surface area contributed by atoms with Crippen molar-refractivity contribution in [1.29, 1.82) is 5.26 Å². The summed E-state index contributed by atoms with van der Waals surface area (Å²) in [5.74, 6) is 0. The van der Waals surface area contributed by atoms with Gasteiger partial charge in [0.1, 0.15) is 6.07 Å². The molecule has 0 aromatic heterocycles. The molecule has 3 nitrogen and oxygen atoms in total. The van der Waals surface area contributed by atoms with Crippen molar-refractivity contribution in [3.63, 3.8) is 0 Å². The molecule has 84 valence electrons. The van der Waals surface area contributed by atoms with Gasteiger partial charge in [0.05, 0.1) is 11.3 Å². The van der Waals surface area contributed by atoms with Gasteiger partial charge in [-0.2, -0.15) is 5.26 Å². The number of rotatable bonds is 2. The first kappa shape index (κ1) is 11.0. The molecule has 0 heterocycles. The van der Waals surface area contributed by atoms with E-state index in [4.69, 9.17) is 11.0 Å². The third kappa shape index (κ3) is 2.37. The minimum atomic E-state index is 0.620. The first-order valence-corrected chi connectivity index (χ1v) is 5.33. The van der Waals surface area contributed by atoms with Crippen LogP contribution >= 0.6 is 0 Å². The molecule has 0 saturated carbocycles. The molecular weight excluding hydrogens is 210 g/mol. The monoisotopic (exact) mass is 223 g/mol. The second kappa shape index (κ2) is 4.58. The lowest BCUT2D eigenvalue weighted by Gasteiger charge is -2.11. The molecule has 0 aliphatic carbocycles. The Bertz CT molecular complexity index is 582. The van der Waals surface area contributed by atoms with Crippen LogP contribution in [0, 0.1) is 18.3 Å². The van der Waals surface area contributed by atoms with Crippen LogP contribution < -0.4 is 11.1 Å². The maximum Gasteiger partial charge on any atom is 0.101 e. The maximum atomic E-state index is 9.01. The average Bonchev–Trinajstić information content (AvgIpc) is 2.34. The lowest BCUT2D eigenvalue weighted by atomic mass is 10.1. The molecule has 0 amide bonds. The smallest absolute Gasteiger partial charge is 0.101 e. The quantitative estimate of drug-likeness (QED) is 0.768. The molecule has 0 bridgehead atoms. The van der Waals surface area contributed by atoms with Gasteiger partial charge in [-0.25, -0.2) is 0 Å². The Morgan fingerprint density at radius 2 is 1.88 bits per heavy atom. The van der Waals surface area contributed by atoms with E-state index in [0.29, 0.717) is 11.3 Å². The van der Waals surface area contributed by atoms with Crippen LogP contribution in [-0.2, 0) is 0 Å². The van der Waals surface area contributed by atoms with Gasteiger partial charge in [0.25, 0.3) is 0 Å². The molecule has 17 heavy (non-hydrogen) atoms. The highest BCUT2D eigenvalue weighted by molar-refractivity contribution is 5.70. The number of nitrogen functional groups attached to an aromatic ring is 1. The van der Waals surface area contributed by atoms with Crippen molar-refractivity contribution in [2.75, 3.05) is 11.1 Å². The van der Waals surface area contributed by atoms with Gasteiger partial charge in [-0.05, 0) is 36.8 Å². The topological polar surface area (TPSA) is 61.8 Å². The first-order chi connectivity index (χ1) is 8.20. The van der Waals surface area contributed by atoms with E-state index in [-0.39, 0.29) is 0 Å². The number of para-hydroxylation sites is 1. The van der Waals surface area contributed by atoms with E-state index >= 15 is 0 Å².